The van der Waals surface area contributed by atoms with Crippen molar-refractivity contribution < 1.29 is 0 Å². The smallest absolute Gasteiger partial charge is 0.101 e. The molecule has 0 aliphatic rings. The summed E-state index contributed by atoms with van der Waals surface area (Å²) in [4.78, 5) is 0. The molecule has 0 saturated heterocycles. The van der Waals surface area contributed by atoms with Gasteiger partial charge in [0.1, 0.15) is 6.07 Å². The van der Waals surface area contributed by atoms with Crippen molar-refractivity contribution in [1.29, 1.82) is 5.26 Å². The van der Waals surface area contributed by atoms with E-state index in [1.54, 1.807) is 6.07 Å². The van der Waals surface area contributed by atoms with Crippen LogP contribution < -0.4 is 5.32 Å². The third-order valence-electron chi connectivity index (χ3n) is 2.32. The second-order valence-corrected chi connectivity index (χ2v) is 4.38. The maximum atomic E-state index is 9.01. The summed E-state index contributed by atoms with van der Waals surface area (Å²) in [5.41, 5.74) is 1.47. The SMILES string of the molecule is C#CCC(CC)Nc1ccc(Br)cc1C#N. The predicted octanol–water partition coefficient (Wildman–Crippen LogP) is 3.53. The summed E-state index contributed by atoms with van der Waals surface area (Å²) >= 11 is 3.34. The Balaban J connectivity index is 2.89. The molecule has 0 radical (unpaired) electrons. The van der Waals surface area contributed by atoms with Crippen LogP contribution in [-0.4, -0.2) is 6.04 Å². The summed E-state index contributed by atoms with van der Waals surface area (Å²) in [6.45, 7) is 2.07. The van der Waals surface area contributed by atoms with Gasteiger partial charge < -0.3 is 5.32 Å². The highest BCUT2D eigenvalue weighted by Gasteiger charge is 2.08. The number of rotatable bonds is 4. The molecule has 0 aromatic heterocycles. The van der Waals surface area contributed by atoms with Crippen LogP contribution in [0.3, 0.4) is 0 Å². The standard InChI is InChI=1S/C13H13BrN2/c1-3-5-12(4-2)16-13-7-6-11(14)8-10(13)9-15/h1,6-8,12,16H,4-5H2,2H3. The lowest BCUT2D eigenvalue weighted by molar-refractivity contribution is 0.715. The van der Waals surface area contributed by atoms with Crippen LogP contribution in [-0.2, 0) is 0 Å². The summed E-state index contributed by atoms with van der Waals surface area (Å²) in [5, 5.41) is 12.3. The van der Waals surface area contributed by atoms with Gasteiger partial charge in [0.05, 0.1) is 11.3 Å². The molecule has 0 aliphatic carbocycles. The lowest BCUT2D eigenvalue weighted by atomic mass is 10.1. The first-order chi connectivity index (χ1) is 7.71. The van der Waals surface area contributed by atoms with Gasteiger partial charge in [-0.05, 0) is 24.6 Å². The Morgan fingerprint density at radius 3 is 2.88 bits per heavy atom. The van der Waals surface area contributed by atoms with Gasteiger partial charge in [0.2, 0.25) is 0 Å². The molecule has 3 heteroatoms. The zero-order valence-electron chi connectivity index (χ0n) is 9.13. The molecule has 0 spiro atoms. The molecule has 1 rings (SSSR count). The first kappa shape index (κ1) is 12.6. The Morgan fingerprint density at radius 1 is 1.56 bits per heavy atom. The molecule has 82 valence electrons. The molecular weight excluding hydrogens is 264 g/mol. The van der Waals surface area contributed by atoms with E-state index in [9.17, 15) is 0 Å². The van der Waals surface area contributed by atoms with Crippen LogP contribution in [0.1, 0.15) is 25.3 Å². The molecule has 16 heavy (non-hydrogen) atoms. The van der Waals surface area contributed by atoms with Crippen LogP contribution in [0, 0.1) is 23.7 Å². The zero-order valence-corrected chi connectivity index (χ0v) is 10.7. The van der Waals surface area contributed by atoms with Crippen LogP contribution in [0.25, 0.3) is 0 Å². The minimum Gasteiger partial charge on any atom is -0.380 e. The molecule has 0 saturated carbocycles. The van der Waals surface area contributed by atoms with Crippen molar-refractivity contribution in [3.63, 3.8) is 0 Å². The Bertz CT molecular complexity index is 440. The van der Waals surface area contributed by atoms with E-state index < -0.39 is 0 Å². The van der Waals surface area contributed by atoms with Gasteiger partial charge in [-0.3, -0.25) is 0 Å². The van der Waals surface area contributed by atoms with Crippen molar-refractivity contribution in [3.05, 3.63) is 28.2 Å². The number of nitrogens with one attached hydrogen (secondary N) is 1. The van der Waals surface area contributed by atoms with Crippen molar-refractivity contribution in [3.8, 4) is 18.4 Å². The minimum atomic E-state index is 0.221. The summed E-state index contributed by atoms with van der Waals surface area (Å²) in [5.74, 6) is 2.63. The average Bonchev–Trinajstić information content (AvgIpc) is 2.30. The van der Waals surface area contributed by atoms with E-state index in [-0.39, 0.29) is 6.04 Å². The van der Waals surface area contributed by atoms with Crippen LogP contribution in [0.15, 0.2) is 22.7 Å². The summed E-state index contributed by atoms with van der Waals surface area (Å²) in [6.07, 6.45) is 6.89. The number of terminal acetylenes is 1. The van der Waals surface area contributed by atoms with Gasteiger partial charge in [-0.2, -0.15) is 5.26 Å². The Labute approximate surface area is 105 Å². The predicted molar refractivity (Wildman–Crippen MR) is 70.0 cm³/mol. The van der Waals surface area contributed by atoms with E-state index in [4.69, 9.17) is 11.7 Å². The van der Waals surface area contributed by atoms with Gasteiger partial charge in [-0.15, -0.1) is 12.3 Å². The Kier molecular flexibility index (Phi) is 4.89. The molecule has 1 aromatic carbocycles. The number of nitrogens with zero attached hydrogens (tertiary/aromatic N) is 1. The van der Waals surface area contributed by atoms with E-state index in [1.807, 2.05) is 12.1 Å². The van der Waals surface area contributed by atoms with Crippen molar-refractivity contribution >= 4 is 21.6 Å². The molecule has 0 amide bonds. The summed E-state index contributed by atoms with van der Waals surface area (Å²) in [7, 11) is 0. The van der Waals surface area contributed by atoms with Gasteiger partial charge in [0.15, 0.2) is 0 Å². The van der Waals surface area contributed by atoms with E-state index in [1.165, 1.54) is 0 Å². The number of anilines is 1. The summed E-state index contributed by atoms with van der Waals surface area (Å²) in [6, 6.07) is 7.98. The monoisotopic (exact) mass is 276 g/mol. The van der Waals surface area contributed by atoms with Crippen LogP contribution in [0.4, 0.5) is 5.69 Å². The van der Waals surface area contributed by atoms with Crippen LogP contribution in [0.2, 0.25) is 0 Å². The highest BCUT2D eigenvalue weighted by molar-refractivity contribution is 9.10. The average molecular weight is 277 g/mol. The fourth-order valence-corrected chi connectivity index (χ4v) is 1.76. The maximum Gasteiger partial charge on any atom is 0.101 e. The molecule has 0 heterocycles. The number of halogens is 1. The van der Waals surface area contributed by atoms with Gasteiger partial charge in [0.25, 0.3) is 0 Å². The third-order valence-corrected chi connectivity index (χ3v) is 2.81. The Morgan fingerprint density at radius 2 is 2.31 bits per heavy atom. The number of nitriles is 1. The Hall–Kier alpha value is -1.45. The highest BCUT2D eigenvalue weighted by Crippen LogP contribution is 2.21. The fraction of sp³-hybridized carbons (Fsp3) is 0.308. The van der Waals surface area contributed by atoms with Gasteiger partial charge in [0, 0.05) is 16.9 Å². The molecule has 1 aromatic rings. The largest absolute Gasteiger partial charge is 0.380 e. The lowest BCUT2D eigenvalue weighted by Gasteiger charge is -2.16. The van der Waals surface area contributed by atoms with E-state index >= 15 is 0 Å². The van der Waals surface area contributed by atoms with Gasteiger partial charge >= 0.3 is 0 Å². The topological polar surface area (TPSA) is 35.8 Å². The maximum absolute atomic E-state index is 9.01. The molecule has 1 atom stereocenters. The van der Waals surface area contributed by atoms with Crippen molar-refractivity contribution in [2.45, 2.75) is 25.8 Å². The molecule has 0 aliphatic heterocycles. The van der Waals surface area contributed by atoms with Crippen molar-refractivity contribution in [1.82, 2.24) is 0 Å². The van der Waals surface area contributed by atoms with E-state index in [2.05, 4.69) is 40.2 Å². The van der Waals surface area contributed by atoms with Crippen LogP contribution >= 0.6 is 15.9 Å². The van der Waals surface area contributed by atoms with Crippen LogP contribution in [0.5, 0.6) is 0 Å². The second kappa shape index (κ2) is 6.20. The number of benzene rings is 1. The molecular formula is C13H13BrN2. The van der Waals surface area contributed by atoms with E-state index in [0.29, 0.717) is 12.0 Å². The summed E-state index contributed by atoms with van der Waals surface area (Å²) < 4.78 is 0.902. The van der Waals surface area contributed by atoms with Crippen molar-refractivity contribution in [2.24, 2.45) is 0 Å². The van der Waals surface area contributed by atoms with Crippen molar-refractivity contribution in [2.75, 3.05) is 5.32 Å². The second-order valence-electron chi connectivity index (χ2n) is 3.46. The molecule has 2 nitrogen and oxygen atoms in total. The number of hydrogen-bond acceptors (Lipinski definition) is 2. The van der Waals surface area contributed by atoms with Gasteiger partial charge in [-0.25, -0.2) is 0 Å². The normalized spacial score (nSPS) is 11.2. The zero-order chi connectivity index (χ0) is 12.0. The molecule has 1 unspecified atom stereocenters. The first-order valence-electron chi connectivity index (χ1n) is 5.11. The molecule has 1 N–H and O–H groups in total. The number of hydrogen-bond donors (Lipinski definition) is 1. The molecule has 0 fully saturated rings. The first-order valence-corrected chi connectivity index (χ1v) is 5.90. The third kappa shape index (κ3) is 3.29. The minimum absolute atomic E-state index is 0.221. The van der Waals surface area contributed by atoms with Gasteiger partial charge in [-0.1, -0.05) is 22.9 Å². The molecule has 0 bridgehead atoms. The quantitative estimate of drug-likeness (QED) is 0.854. The van der Waals surface area contributed by atoms with E-state index in [0.717, 1.165) is 16.6 Å². The highest BCUT2D eigenvalue weighted by atomic mass is 79.9. The fourth-order valence-electron chi connectivity index (χ4n) is 1.39. The lowest BCUT2D eigenvalue weighted by Crippen LogP contribution is -2.18.